The second kappa shape index (κ2) is 6.92. The van der Waals surface area contributed by atoms with E-state index in [2.05, 4.69) is 5.10 Å². The molecular formula is C22H21FN4O2. The van der Waals surface area contributed by atoms with E-state index < -0.39 is 0 Å². The largest absolute Gasteiger partial charge is 0.488 e. The Labute approximate surface area is 168 Å². The van der Waals surface area contributed by atoms with Gasteiger partial charge < -0.3 is 14.5 Å². The number of piperazine rings is 1. The standard InChI is InChI=1S/C22H21FN4O2/c1-25-21-15-6-2-5-9-19(15)29-14-16(21)20(24-25)22(28)27-12-10-26(11-13-27)18-8-4-3-7-17(18)23/h2-9H,10-14H2,1H3. The molecule has 0 atom stereocenters. The first-order chi connectivity index (χ1) is 14.1. The SMILES string of the molecule is Cn1nc(C(=O)N2CCN(c3ccccc3F)CC2)c2c1-c1ccccc1OC2. The minimum atomic E-state index is -0.234. The van der Waals surface area contributed by atoms with Crippen LogP contribution in [0.15, 0.2) is 48.5 Å². The predicted octanol–water partition coefficient (Wildman–Crippen LogP) is 3.08. The van der Waals surface area contributed by atoms with E-state index in [0.717, 1.165) is 22.6 Å². The summed E-state index contributed by atoms with van der Waals surface area (Å²) in [6.07, 6.45) is 0. The Morgan fingerprint density at radius 2 is 1.76 bits per heavy atom. The van der Waals surface area contributed by atoms with Crippen LogP contribution in [0.4, 0.5) is 10.1 Å². The Morgan fingerprint density at radius 1 is 1.03 bits per heavy atom. The van der Waals surface area contributed by atoms with Gasteiger partial charge in [0, 0.05) is 44.4 Å². The maximum Gasteiger partial charge on any atom is 0.274 e. The highest BCUT2D eigenvalue weighted by Gasteiger charge is 2.32. The van der Waals surface area contributed by atoms with Gasteiger partial charge in [0.2, 0.25) is 0 Å². The van der Waals surface area contributed by atoms with Gasteiger partial charge in [-0.2, -0.15) is 5.10 Å². The van der Waals surface area contributed by atoms with E-state index in [-0.39, 0.29) is 11.7 Å². The predicted molar refractivity (Wildman–Crippen MR) is 107 cm³/mol. The molecule has 7 heteroatoms. The van der Waals surface area contributed by atoms with Crippen LogP contribution in [0.2, 0.25) is 0 Å². The highest BCUT2D eigenvalue weighted by Crippen LogP contribution is 2.38. The number of nitrogens with zero attached hydrogens (tertiary/aromatic N) is 4. The molecule has 3 heterocycles. The first-order valence-electron chi connectivity index (χ1n) is 9.70. The third-order valence-electron chi connectivity index (χ3n) is 5.62. The van der Waals surface area contributed by atoms with Crippen molar-refractivity contribution in [2.24, 2.45) is 7.05 Å². The molecule has 0 saturated carbocycles. The molecule has 148 valence electrons. The van der Waals surface area contributed by atoms with E-state index in [1.165, 1.54) is 6.07 Å². The molecule has 0 N–H and O–H groups in total. The molecule has 0 unspecified atom stereocenters. The number of aromatic nitrogens is 2. The molecule has 3 aromatic rings. The van der Waals surface area contributed by atoms with Crippen molar-refractivity contribution >= 4 is 11.6 Å². The van der Waals surface area contributed by atoms with E-state index in [0.29, 0.717) is 44.2 Å². The van der Waals surface area contributed by atoms with Gasteiger partial charge in [-0.3, -0.25) is 9.48 Å². The molecule has 1 fully saturated rings. The van der Waals surface area contributed by atoms with Gasteiger partial charge in [0.05, 0.1) is 11.4 Å². The maximum absolute atomic E-state index is 14.1. The van der Waals surface area contributed by atoms with Gasteiger partial charge >= 0.3 is 0 Å². The number of fused-ring (bicyclic) bond motifs is 3. The summed E-state index contributed by atoms with van der Waals surface area (Å²) >= 11 is 0. The first-order valence-corrected chi connectivity index (χ1v) is 9.70. The van der Waals surface area contributed by atoms with Gasteiger partial charge in [-0.05, 0) is 24.3 Å². The summed E-state index contributed by atoms with van der Waals surface area (Å²) in [6.45, 7) is 2.55. The van der Waals surface area contributed by atoms with Crippen LogP contribution in [0, 0.1) is 5.82 Å². The van der Waals surface area contributed by atoms with E-state index in [9.17, 15) is 9.18 Å². The quantitative estimate of drug-likeness (QED) is 0.673. The van der Waals surface area contributed by atoms with Gasteiger partial charge in [0.15, 0.2) is 5.69 Å². The maximum atomic E-state index is 14.1. The second-order valence-corrected chi connectivity index (χ2v) is 7.31. The van der Waals surface area contributed by atoms with Gasteiger partial charge in [0.25, 0.3) is 5.91 Å². The molecule has 1 saturated heterocycles. The fourth-order valence-electron chi connectivity index (χ4n) is 4.16. The van der Waals surface area contributed by atoms with Crippen LogP contribution in [-0.4, -0.2) is 46.8 Å². The number of ether oxygens (including phenoxy) is 1. The molecule has 2 aromatic carbocycles. The molecule has 0 aliphatic carbocycles. The van der Waals surface area contributed by atoms with Crippen LogP contribution in [0.5, 0.6) is 5.75 Å². The Hall–Kier alpha value is -3.35. The number of hydrogen-bond acceptors (Lipinski definition) is 4. The van der Waals surface area contributed by atoms with Crippen LogP contribution < -0.4 is 9.64 Å². The van der Waals surface area contributed by atoms with Crippen LogP contribution in [0.25, 0.3) is 11.3 Å². The Kier molecular flexibility index (Phi) is 4.23. The minimum Gasteiger partial charge on any atom is -0.488 e. The lowest BCUT2D eigenvalue weighted by atomic mass is 10.0. The van der Waals surface area contributed by atoms with E-state index in [4.69, 9.17) is 4.74 Å². The van der Waals surface area contributed by atoms with Crippen molar-refractivity contribution in [3.8, 4) is 17.0 Å². The summed E-state index contributed by atoms with van der Waals surface area (Å²) in [4.78, 5) is 17.0. The number of hydrogen-bond donors (Lipinski definition) is 0. The Balaban J connectivity index is 1.38. The van der Waals surface area contributed by atoms with E-state index >= 15 is 0 Å². The van der Waals surface area contributed by atoms with Gasteiger partial charge in [-0.25, -0.2) is 4.39 Å². The zero-order valence-corrected chi connectivity index (χ0v) is 16.1. The van der Waals surface area contributed by atoms with Crippen molar-refractivity contribution in [2.45, 2.75) is 6.61 Å². The second-order valence-electron chi connectivity index (χ2n) is 7.31. The molecule has 0 radical (unpaired) electrons. The lowest BCUT2D eigenvalue weighted by Crippen LogP contribution is -2.49. The lowest BCUT2D eigenvalue weighted by Gasteiger charge is -2.36. The van der Waals surface area contributed by atoms with Crippen molar-refractivity contribution < 1.29 is 13.9 Å². The molecule has 0 bridgehead atoms. The number of amides is 1. The number of carbonyl (C=O) groups is 1. The van der Waals surface area contributed by atoms with Crippen LogP contribution in [0.3, 0.4) is 0 Å². The summed E-state index contributed by atoms with van der Waals surface area (Å²) in [5, 5.41) is 4.53. The van der Waals surface area contributed by atoms with E-state index in [1.54, 1.807) is 21.7 Å². The van der Waals surface area contributed by atoms with Crippen molar-refractivity contribution in [1.82, 2.24) is 14.7 Å². The molecule has 5 rings (SSSR count). The lowest BCUT2D eigenvalue weighted by molar-refractivity contribution is 0.0737. The molecule has 2 aliphatic heterocycles. The van der Waals surface area contributed by atoms with Crippen LogP contribution in [-0.2, 0) is 13.7 Å². The number of para-hydroxylation sites is 2. The average Bonchev–Trinajstić information content (AvgIpc) is 3.11. The number of anilines is 1. The monoisotopic (exact) mass is 392 g/mol. The summed E-state index contributed by atoms with van der Waals surface area (Å²) in [7, 11) is 1.85. The molecule has 2 aliphatic rings. The Morgan fingerprint density at radius 3 is 2.55 bits per heavy atom. The molecule has 1 amide bonds. The van der Waals surface area contributed by atoms with Gasteiger partial charge in [0.1, 0.15) is 18.2 Å². The Bertz CT molecular complexity index is 1090. The normalized spacial score (nSPS) is 15.5. The summed E-state index contributed by atoms with van der Waals surface area (Å²) in [5.41, 5.74) is 3.73. The molecule has 0 spiro atoms. The fraction of sp³-hybridized carbons (Fsp3) is 0.273. The highest BCUT2D eigenvalue weighted by molar-refractivity contribution is 5.96. The molecule has 1 aromatic heterocycles. The van der Waals surface area contributed by atoms with E-state index in [1.807, 2.05) is 42.3 Å². The zero-order chi connectivity index (χ0) is 20.0. The molecule has 6 nitrogen and oxygen atoms in total. The van der Waals surface area contributed by atoms with Crippen LogP contribution >= 0.6 is 0 Å². The topological polar surface area (TPSA) is 50.6 Å². The van der Waals surface area contributed by atoms with Crippen molar-refractivity contribution in [3.63, 3.8) is 0 Å². The number of carbonyl (C=O) groups excluding carboxylic acids is 1. The fourth-order valence-corrected chi connectivity index (χ4v) is 4.16. The minimum absolute atomic E-state index is 0.0991. The molecule has 29 heavy (non-hydrogen) atoms. The number of aryl methyl sites for hydroxylation is 1. The average molecular weight is 392 g/mol. The smallest absolute Gasteiger partial charge is 0.274 e. The van der Waals surface area contributed by atoms with Crippen molar-refractivity contribution in [3.05, 3.63) is 65.6 Å². The molecular weight excluding hydrogens is 371 g/mol. The summed E-state index contributed by atoms with van der Waals surface area (Å²) < 4.78 is 21.7. The van der Waals surface area contributed by atoms with Crippen molar-refractivity contribution in [1.29, 1.82) is 0 Å². The summed E-state index contributed by atoms with van der Waals surface area (Å²) in [5.74, 6) is 0.473. The first kappa shape index (κ1) is 17.7. The third-order valence-corrected chi connectivity index (χ3v) is 5.62. The number of benzene rings is 2. The highest BCUT2D eigenvalue weighted by atomic mass is 19.1. The third kappa shape index (κ3) is 2.93. The number of rotatable bonds is 2. The van der Waals surface area contributed by atoms with Gasteiger partial charge in [-0.1, -0.05) is 24.3 Å². The number of halogens is 1. The zero-order valence-electron chi connectivity index (χ0n) is 16.1. The summed E-state index contributed by atoms with van der Waals surface area (Å²) in [6, 6.07) is 14.5. The van der Waals surface area contributed by atoms with Gasteiger partial charge in [-0.15, -0.1) is 0 Å². The van der Waals surface area contributed by atoms with Crippen molar-refractivity contribution in [2.75, 3.05) is 31.1 Å². The van der Waals surface area contributed by atoms with Crippen LogP contribution in [0.1, 0.15) is 16.1 Å².